The van der Waals surface area contributed by atoms with Crippen molar-refractivity contribution in [1.82, 2.24) is 10.9 Å². The molecule has 0 aliphatic carbocycles. The predicted molar refractivity (Wildman–Crippen MR) is 121 cm³/mol. The fourth-order valence-corrected chi connectivity index (χ4v) is 4.60. The van der Waals surface area contributed by atoms with Crippen LogP contribution in [0.3, 0.4) is 0 Å². The van der Waals surface area contributed by atoms with E-state index in [1.807, 2.05) is 24.3 Å². The summed E-state index contributed by atoms with van der Waals surface area (Å²) in [6.07, 6.45) is 1.74. The molecule has 0 saturated carbocycles. The number of rotatable bonds is 7. The second-order valence-corrected chi connectivity index (χ2v) is 9.56. The number of carbonyl (C=O) groups is 1. The molecule has 10 heteroatoms. The molecule has 2 heterocycles. The first-order valence-electron chi connectivity index (χ1n) is 10.1. The highest BCUT2D eigenvalue weighted by Gasteiger charge is 2.33. The van der Waals surface area contributed by atoms with Gasteiger partial charge in [0.25, 0.3) is 0 Å². The van der Waals surface area contributed by atoms with Crippen LogP contribution in [0, 0.1) is 0 Å². The number of hydrogen-bond acceptors (Lipinski definition) is 7. The van der Waals surface area contributed by atoms with Crippen molar-refractivity contribution in [2.75, 3.05) is 47.9 Å². The minimum atomic E-state index is -3.37. The number of anilines is 3. The largest absolute Gasteiger partial charge is 0.496 e. The Labute approximate surface area is 182 Å². The molecule has 0 bridgehead atoms. The van der Waals surface area contributed by atoms with E-state index in [1.165, 1.54) is 0 Å². The molecule has 1 unspecified atom stereocenters. The molecule has 2 aliphatic rings. The van der Waals surface area contributed by atoms with Crippen LogP contribution in [-0.2, 0) is 14.8 Å². The van der Waals surface area contributed by atoms with Gasteiger partial charge < -0.3 is 15.0 Å². The molecular formula is C21H27N5O4S. The number of ether oxygens (including phenoxy) is 1. The summed E-state index contributed by atoms with van der Waals surface area (Å²) in [6.45, 7) is 2.25. The van der Waals surface area contributed by atoms with Crippen molar-refractivity contribution in [1.29, 1.82) is 0 Å². The van der Waals surface area contributed by atoms with Crippen molar-refractivity contribution in [3.63, 3.8) is 0 Å². The van der Waals surface area contributed by atoms with Crippen LogP contribution in [0.4, 0.5) is 17.1 Å². The fraction of sp³-hybridized carbons (Fsp3) is 0.381. The first-order chi connectivity index (χ1) is 14.8. The van der Waals surface area contributed by atoms with Crippen molar-refractivity contribution >= 4 is 33.0 Å². The zero-order chi connectivity index (χ0) is 22.0. The van der Waals surface area contributed by atoms with E-state index >= 15 is 0 Å². The standard InChI is InChI=1S/C21H27N5O4S/c1-30-20-11-17(6-7-18(20)14-12-22-23-13-14)26-9-8-19(21(26)27)24-15-4-3-5-16(10-15)25-31(2,28)29/h3-7,10-11,14,19,22-25H,8-9,12-13H2,1-2H3. The lowest BCUT2D eigenvalue weighted by molar-refractivity contribution is -0.117. The Kier molecular flexibility index (Phi) is 6.03. The van der Waals surface area contributed by atoms with Gasteiger partial charge in [-0.15, -0.1) is 0 Å². The normalized spacial score (nSPS) is 19.6. The Bertz CT molecular complexity index is 1070. The molecule has 2 aliphatic heterocycles. The molecule has 0 radical (unpaired) electrons. The lowest BCUT2D eigenvalue weighted by Gasteiger charge is -2.21. The Morgan fingerprint density at radius 1 is 1.10 bits per heavy atom. The number of methoxy groups -OCH3 is 1. The summed E-state index contributed by atoms with van der Waals surface area (Å²) in [5.74, 6) is 1.07. The van der Waals surface area contributed by atoms with Gasteiger partial charge in [-0.1, -0.05) is 12.1 Å². The van der Waals surface area contributed by atoms with Gasteiger partial charge in [-0.2, -0.15) is 0 Å². The molecule has 0 spiro atoms. The lowest BCUT2D eigenvalue weighted by atomic mass is 9.98. The summed E-state index contributed by atoms with van der Waals surface area (Å²) in [4.78, 5) is 14.8. The molecule has 2 saturated heterocycles. The van der Waals surface area contributed by atoms with Gasteiger partial charge in [0.15, 0.2) is 0 Å². The van der Waals surface area contributed by atoms with E-state index < -0.39 is 10.0 Å². The van der Waals surface area contributed by atoms with Crippen LogP contribution >= 0.6 is 0 Å². The summed E-state index contributed by atoms with van der Waals surface area (Å²) in [6, 6.07) is 12.4. The number of hydrogen-bond donors (Lipinski definition) is 4. The van der Waals surface area contributed by atoms with E-state index in [0.717, 1.165) is 36.3 Å². The second-order valence-electron chi connectivity index (χ2n) is 7.82. The molecule has 1 amide bonds. The maximum Gasteiger partial charge on any atom is 0.249 e. The molecule has 0 aromatic heterocycles. The van der Waals surface area contributed by atoms with Crippen LogP contribution in [0.15, 0.2) is 42.5 Å². The molecule has 2 fully saturated rings. The third-order valence-corrected chi connectivity index (χ3v) is 6.11. The number of hydrazine groups is 1. The van der Waals surface area contributed by atoms with Crippen LogP contribution in [0.1, 0.15) is 17.9 Å². The average molecular weight is 446 g/mol. The summed E-state index contributed by atoms with van der Waals surface area (Å²) < 4.78 is 31.0. The van der Waals surface area contributed by atoms with E-state index in [2.05, 4.69) is 20.9 Å². The van der Waals surface area contributed by atoms with Gasteiger partial charge in [-0.05, 0) is 36.2 Å². The van der Waals surface area contributed by atoms with Crippen molar-refractivity contribution in [3.05, 3.63) is 48.0 Å². The zero-order valence-corrected chi connectivity index (χ0v) is 18.3. The number of sulfonamides is 1. The minimum Gasteiger partial charge on any atom is -0.496 e. The van der Waals surface area contributed by atoms with Gasteiger partial charge in [0.05, 0.1) is 19.1 Å². The van der Waals surface area contributed by atoms with Gasteiger partial charge in [-0.3, -0.25) is 20.4 Å². The molecule has 31 heavy (non-hydrogen) atoms. The van der Waals surface area contributed by atoms with Crippen molar-refractivity contribution in [3.8, 4) is 5.75 Å². The minimum absolute atomic E-state index is 0.0273. The Hall–Kier alpha value is -2.82. The topological polar surface area (TPSA) is 112 Å². The molecule has 2 aromatic rings. The summed E-state index contributed by atoms with van der Waals surface area (Å²) in [7, 11) is -1.72. The molecular weight excluding hydrogens is 418 g/mol. The fourth-order valence-electron chi connectivity index (χ4n) is 4.05. The van der Waals surface area contributed by atoms with Crippen molar-refractivity contribution in [2.24, 2.45) is 0 Å². The van der Waals surface area contributed by atoms with Crippen LogP contribution in [0.25, 0.3) is 0 Å². The van der Waals surface area contributed by atoms with E-state index in [1.54, 1.807) is 30.2 Å². The highest BCUT2D eigenvalue weighted by atomic mass is 32.2. The summed E-state index contributed by atoms with van der Waals surface area (Å²) >= 11 is 0. The monoisotopic (exact) mass is 445 g/mol. The number of carbonyl (C=O) groups excluding carboxylic acids is 1. The second kappa shape index (κ2) is 8.74. The van der Waals surface area contributed by atoms with E-state index in [4.69, 9.17) is 4.74 Å². The van der Waals surface area contributed by atoms with Crippen LogP contribution in [-0.4, -0.2) is 53.4 Å². The van der Waals surface area contributed by atoms with Gasteiger partial charge in [-0.25, -0.2) is 8.42 Å². The average Bonchev–Trinajstić information content (AvgIpc) is 3.37. The molecule has 2 aromatic carbocycles. The third kappa shape index (κ3) is 4.92. The van der Waals surface area contributed by atoms with Gasteiger partial charge >= 0.3 is 0 Å². The molecule has 166 valence electrons. The highest BCUT2D eigenvalue weighted by molar-refractivity contribution is 7.92. The smallest absolute Gasteiger partial charge is 0.249 e. The van der Waals surface area contributed by atoms with Crippen molar-refractivity contribution < 1.29 is 17.9 Å². The number of nitrogens with zero attached hydrogens (tertiary/aromatic N) is 1. The van der Waals surface area contributed by atoms with Crippen LogP contribution < -0.4 is 30.5 Å². The maximum absolute atomic E-state index is 13.1. The molecule has 4 N–H and O–H groups in total. The Morgan fingerprint density at radius 3 is 2.55 bits per heavy atom. The maximum atomic E-state index is 13.1. The number of benzene rings is 2. The van der Waals surface area contributed by atoms with Crippen LogP contribution in [0.2, 0.25) is 0 Å². The highest BCUT2D eigenvalue weighted by Crippen LogP contribution is 2.33. The molecule has 9 nitrogen and oxygen atoms in total. The number of nitrogens with one attached hydrogen (secondary N) is 4. The van der Waals surface area contributed by atoms with Crippen molar-refractivity contribution in [2.45, 2.75) is 18.4 Å². The Balaban J connectivity index is 1.47. The first kappa shape index (κ1) is 21.4. The van der Waals surface area contributed by atoms with E-state index in [-0.39, 0.29) is 11.9 Å². The van der Waals surface area contributed by atoms with E-state index in [9.17, 15) is 13.2 Å². The molecule has 4 rings (SSSR count). The van der Waals surface area contributed by atoms with Gasteiger partial charge in [0, 0.05) is 43.0 Å². The molecule has 1 atom stereocenters. The third-order valence-electron chi connectivity index (χ3n) is 5.50. The lowest BCUT2D eigenvalue weighted by Crippen LogP contribution is -2.33. The van der Waals surface area contributed by atoms with Gasteiger partial charge in [0.1, 0.15) is 11.8 Å². The number of amides is 1. The Morgan fingerprint density at radius 2 is 1.84 bits per heavy atom. The zero-order valence-electron chi connectivity index (χ0n) is 17.5. The first-order valence-corrected chi connectivity index (χ1v) is 12.0. The SMILES string of the molecule is COc1cc(N2CCC(Nc3cccc(NS(C)(=O)=O)c3)C2=O)ccc1C1CNNC1. The summed E-state index contributed by atoms with van der Waals surface area (Å²) in [5, 5.41) is 3.23. The quantitative estimate of drug-likeness (QED) is 0.511. The van der Waals surface area contributed by atoms with Crippen LogP contribution in [0.5, 0.6) is 5.75 Å². The predicted octanol–water partition coefficient (Wildman–Crippen LogP) is 1.48. The van der Waals surface area contributed by atoms with Gasteiger partial charge in [0.2, 0.25) is 15.9 Å². The van der Waals surface area contributed by atoms with E-state index in [0.29, 0.717) is 30.3 Å². The summed E-state index contributed by atoms with van der Waals surface area (Å²) in [5.41, 5.74) is 9.31.